The number of Topliss-reactive ketones (excluding diaryl/α,β-unsaturated/α-hetero) is 1. The van der Waals surface area contributed by atoms with Crippen molar-refractivity contribution in [1.82, 2.24) is 5.32 Å². The average Bonchev–Trinajstić information content (AvgIpc) is 2.44. The molecule has 0 radical (unpaired) electrons. The molecule has 2 aliphatic rings. The Morgan fingerprint density at radius 3 is 2.74 bits per heavy atom. The number of benzene rings is 1. The molecule has 3 nitrogen and oxygen atoms in total. The number of halogens is 1. The number of ketones is 1. The van der Waals surface area contributed by atoms with E-state index in [4.69, 9.17) is 0 Å². The minimum atomic E-state index is -0.241. The van der Waals surface area contributed by atoms with Crippen LogP contribution >= 0.6 is 22.6 Å². The molecular formula is C19H19IN2O. The van der Waals surface area contributed by atoms with E-state index in [0.717, 1.165) is 32.5 Å². The van der Waals surface area contributed by atoms with E-state index in [0.29, 0.717) is 12.0 Å². The second-order valence-electron chi connectivity index (χ2n) is 7.10. The molecule has 0 saturated heterocycles. The van der Waals surface area contributed by atoms with Crippen molar-refractivity contribution in [1.29, 1.82) is 5.26 Å². The second kappa shape index (κ2) is 5.79. The van der Waals surface area contributed by atoms with Crippen molar-refractivity contribution in [3.05, 3.63) is 55.9 Å². The number of nitrogens with zero attached hydrogens (tertiary/aromatic N) is 1. The van der Waals surface area contributed by atoms with Gasteiger partial charge in [0.15, 0.2) is 5.78 Å². The zero-order valence-electron chi connectivity index (χ0n) is 13.5. The van der Waals surface area contributed by atoms with Gasteiger partial charge < -0.3 is 5.32 Å². The highest BCUT2D eigenvalue weighted by molar-refractivity contribution is 14.1. The third-order valence-corrected chi connectivity index (χ3v) is 5.21. The number of carbonyl (C=O) groups is 1. The second-order valence-corrected chi connectivity index (χ2v) is 8.34. The molecule has 118 valence electrons. The molecule has 1 aliphatic heterocycles. The van der Waals surface area contributed by atoms with Crippen LogP contribution in [0.4, 0.5) is 0 Å². The summed E-state index contributed by atoms with van der Waals surface area (Å²) in [6.07, 6.45) is 1.37. The maximum absolute atomic E-state index is 12.8. The van der Waals surface area contributed by atoms with E-state index in [2.05, 4.69) is 53.9 Å². The maximum Gasteiger partial charge on any atom is 0.162 e. The third kappa shape index (κ3) is 2.94. The Morgan fingerprint density at radius 2 is 2.09 bits per heavy atom. The molecule has 0 amide bonds. The molecular weight excluding hydrogens is 399 g/mol. The van der Waals surface area contributed by atoms with E-state index in [-0.39, 0.29) is 17.1 Å². The minimum absolute atomic E-state index is 0.0387. The lowest BCUT2D eigenvalue weighted by atomic mass is 9.69. The van der Waals surface area contributed by atoms with Crippen LogP contribution in [0.2, 0.25) is 0 Å². The molecule has 23 heavy (non-hydrogen) atoms. The standard InChI is InChI=1S/C19H19IN2O/c1-11-14(10-21)17(12-5-4-6-13(20)7-12)18-15(22-11)8-19(2,3)9-16(18)23/h4-7,17,22H,8-9H2,1-3H3. The molecule has 1 N–H and O–H groups in total. The first-order valence-corrected chi connectivity index (χ1v) is 8.80. The van der Waals surface area contributed by atoms with Gasteiger partial charge in [-0.15, -0.1) is 0 Å². The van der Waals surface area contributed by atoms with Crippen LogP contribution in [0.25, 0.3) is 0 Å². The Labute approximate surface area is 150 Å². The van der Waals surface area contributed by atoms with Gasteiger partial charge in [-0.25, -0.2) is 0 Å². The monoisotopic (exact) mass is 418 g/mol. The lowest BCUT2D eigenvalue weighted by Crippen LogP contribution is -2.36. The largest absolute Gasteiger partial charge is 0.361 e. The Bertz CT molecular complexity index is 796. The van der Waals surface area contributed by atoms with Gasteiger partial charge in [0.2, 0.25) is 0 Å². The fraction of sp³-hybridized carbons (Fsp3) is 0.368. The molecule has 0 saturated carbocycles. The van der Waals surface area contributed by atoms with Crippen molar-refractivity contribution in [3.63, 3.8) is 0 Å². The van der Waals surface area contributed by atoms with Crippen molar-refractivity contribution in [2.45, 2.75) is 39.5 Å². The molecule has 1 heterocycles. The molecule has 0 aromatic heterocycles. The molecule has 1 aliphatic carbocycles. The average molecular weight is 418 g/mol. The van der Waals surface area contributed by atoms with Gasteiger partial charge in [0.25, 0.3) is 0 Å². The highest BCUT2D eigenvalue weighted by Gasteiger charge is 2.40. The van der Waals surface area contributed by atoms with Gasteiger partial charge in [-0.3, -0.25) is 4.79 Å². The lowest BCUT2D eigenvalue weighted by Gasteiger charge is -2.38. The maximum atomic E-state index is 12.8. The van der Waals surface area contributed by atoms with Crippen LogP contribution in [-0.2, 0) is 4.79 Å². The fourth-order valence-electron chi connectivity index (χ4n) is 3.60. The van der Waals surface area contributed by atoms with Crippen molar-refractivity contribution < 1.29 is 4.79 Å². The van der Waals surface area contributed by atoms with Crippen LogP contribution in [0, 0.1) is 20.3 Å². The normalized spacial score (nSPS) is 23.3. The predicted octanol–water partition coefficient (Wildman–Crippen LogP) is 4.42. The summed E-state index contributed by atoms with van der Waals surface area (Å²) in [5, 5.41) is 13.0. The molecule has 0 bridgehead atoms. The van der Waals surface area contributed by atoms with Crippen molar-refractivity contribution in [3.8, 4) is 6.07 Å². The van der Waals surface area contributed by atoms with E-state index in [1.54, 1.807) is 0 Å². The summed E-state index contributed by atoms with van der Waals surface area (Å²) in [6.45, 7) is 6.17. The molecule has 0 fully saturated rings. The lowest BCUT2D eigenvalue weighted by molar-refractivity contribution is -0.118. The zero-order chi connectivity index (χ0) is 16.8. The molecule has 1 aromatic rings. The van der Waals surface area contributed by atoms with E-state index in [1.165, 1.54) is 0 Å². The third-order valence-electron chi connectivity index (χ3n) is 4.54. The summed E-state index contributed by atoms with van der Waals surface area (Å²) in [7, 11) is 0. The summed E-state index contributed by atoms with van der Waals surface area (Å²) in [6, 6.07) is 10.4. The molecule has 1 unspecified atom stereocenters. The number of hydrogen-bond acceptors (Lipinski definition) is 3. The van der Waals surface area contributed by atoms with Crippen molar-refractivity contribution in [2.75, 3.05) is 0 Å². The van der Waals surface area contributed by atoms with Crippen molar-refractivity contribution >= 4 is 28.4 Å². The first-order chi connectivity index (χ1) is 10.8. The summed E-state index contributed by atoms with van der Waals surface area (Å²) in [4.78, 5) is 12.8. The van der Waals surface area contributed by atoms with Crippen LogP contribution in [0.5, 0.6) is 0 Å². The Morgan fingerprint density at radius 1 is 1.35 bits per heavy atom. The zero-order valence-corrected chi connectivity index (χ0v) is 15.7. The van der Waals surface area contributed by atoms with E-state index >= 15 is 0 Å². The number of nitrogens with one attached hydrogen (secondary N) is 1. The van der Waals surface area contributed by atoms with Gasteiger partial charge in [0.05, 0.1) is 17.6 Å². The smallest absolute Gasteiger partial charge is 0.162 e. The quantitative estimate of drug-likeness (QED) is 0.688. The molecule has 1 aromatic carbocycles. The molecule has 1 atom stereocenters. The number of rotatable bonds is 1. The van der Waals surface area contributed by atoms with Crippen LogP contribution < -0.4 is 5.32 Å². The van der Waals surface area contributed by atoms with E-state index < -0.39 is 0 Å². The van der Waals surface area contributed by atoms with Crippen molar-refractivity contribution in [2.24, 2.45) is 5.41 Å². The highest BCUT2D eigenvalue weighted by Crippen LogP contribution is 2.46. The summed E-state index contributed by atoms with van der Waals surface area (Å²) >= 11 is 2.27. The van der Waals surface area contributed by atoms with Crippen LogP contribution in [0.15, 0.2) is 46.8 Å². The number of hydrogen-bond donors (Lipinski definition) is 1. The molecule has 4 heteroatoms. The number of dihydropyridines is 1. The van der Waals surface area contributed by atoms with Gasteiger partial charge in [-0.2, -0.15) is 5.26 Å². The summed E-state index contributed by atoms with van der Waals surface area (Å²) in [5.74, 6) is -0.0811. The highest BCUT2D eigenvalue weighted by atomic mass is 127. The summed E-state index contributed by atoms with van der Waals surface area (Å²) < 4.78 is 1.11. The van der Waals surface area contributed by atoms with Gasteiger partial charge in [-0.1, -0.05) is 26.0 Å². The predicted molar refractivity (Wildman–Crippen MR) is 98.4 cm³/mol. The molecule has 0 spiro atoms. The molecule has 3 rings (SSSR count). The number of allylic oxidation sites excluding steroid dienone is 4. The van der Waals surface area contributed by atoms with Gasteiger partial charge in [0.1, 0.15) is 0 Å². The van der Waals surface area contributed by atoms with E-state index in [1.807, 2.05) is 25.1 Å². The Balaban J connectivity index is 2.19. The first-order valence-electron chi connectivity index (χ1n) is 7.72. The van der Waals surface area contributed by atoms with Crippen LogP contribution in [0.3, 0.4) is 0 Å². The van der Waals surface area contributed by atoms with Gasteiger partial charge in [-0.05, 0) is 59.0 Å². The van der Waals surface area contributed by atoms with Gasteiger partial charge in [0, 0.05) is 27.0 Å². The Kier molecular flexibility index (Phi) is 4.09. The topological polar surface area (TPSA) is 52.9 Å². The minimum Gasteiger partial charge on any atom is -0.361 e. The van der Waals surface area contributed by atoms with Crippen LogP contribution in [-0.4, -0.2) is 5.78 Å². The van der Waals surface area contributed by atoms with Crippen LogP contribution in [0.1, 0.15) is 45.1 Å². The SMILES string of the molecule is CC1=C(C#N)C(c2cccc(I)c2)C2=C(CC(C)(C)CC2=O)N1. The number of carbonyl (C=O) groups excluding carboxylic acids is 1. The van der Waals surface area contributed by atoms with E-state index in [9.17, 15) is 10.1 Å². The Hall–Kier alpha value is -1.61. The summed E-state index contributed by atoms with van der Waals surface area (Å²) in [5.41, 5.74) is 4.28. The first kappa shape index (κ1) is 16.3. The number of nitriles is 1. The van der Waals surface area contributed by atoms with Gasteiger partial charge >= 0.3 is 0 Å². The fourth-order valence-corrected chi connectivity index (χ4v) is 4.17.